The smallest absolute Gasteiger partial charge is 0.255 e. The van der Waals surface area contributed by atoms with Gasteiger partial charge in [-0.15, -0.1) is 0 Å². The van der Waals surface area contributed by atoms with Crippen molar-refractivity contribution in [1.82, 2.24) is 9.55 Å². The molecule has 3 aromatic rings. The first-order valence-electron chi connectivity index (χ1n) is 6.66. The van der Waals surface area contributed by atoms with Crippen LogP contribution in [-0.2, 0) is 0 Å². The van der Waals surface area contributed by atoms with Crippen LogP contribution in [0.15, 0.2) is 65.7 Å². The van der Waals surface area contributed by atoms with Crippen molar-refractivity contribution in [1.29, 1.82) is 0 Å². The number of methoxy groups -OCH3 is 1. The molecule has 2 heterocycles. The number of hydrogen-bond acceptors (Lipinski definition) is 3. The van der Waals surface area contributed by atoms with E-state index in [-0.39, 0.29) is 5.56 Å². The minimum Gasteiger partial charge on any atom is -0.497 e. The first kappa shape index (κ1) is 14.8. The van der Waals surface area contributed by atoms with Crippen LogP contribution in [0, 0.1) is 3.70 Å². The van der Waals surface area contributed by atoms with Gasteiger partial charge in [0.05, 0.1) is 19.0 Å². The monoisotopic (exact) mass is 404 g/mol. The van der Waals surface area contributed by atoms with E-state index in [1.165, 1.54) is 0 Å². The lowest BCUT2D eigenvalue weighted by molar-refractivity contribution is 0.415. The quantitative estimate of drug-likeness (QED) is 0.496. The Bertz CT molecular complexity index is 840. The number of aromatic nitrogens is 2. The Morgan fingerprint density at radius 1 is 1.00 bits per heavy atom. The minimum atomic E-state index is -0.0831. The maximum Gasteiger partial charge on any atom is 0.255 e. The first-order chi connectivity index (χ1) is 10.7. The summed E-state index contributed by atoms with van der Waals surface area (Å²) in [7, 11) is 1.64. The topological polar surface area (TPSA) is 44.1 Å². The molecule has 4 nitrogen and oxygen atoms in total. The summed E-state index contributed by atoms with van der Waals surface area (Å²) in [5.74, 6) is 0.805. The van der Waals surface area contributed by atoms with Gasteiger partial charge in [-0.3, -0.25) is 9.36 Å². The summed E-state index contributed by atoms with van der Waals surface area (Å²) in [6.45, 7) is 0. The zero-order valence-electron chi connectivity index (χ0n) is 11.9. The number of halogens is 1. The molecule has 0 bridgehead atoms. The van der Waals surface area contributed by atoms with Crippen molar-refractivity contribution < 1.29 is 4.74 Å². The van der Waals surface area contributed by atoms with E-state index in [4.69, 9.17) is 4.74 Å². The average molecular weight is 404 g/mol. The molecule has 2 aromatic heterocycles. The molecule has 0 fully saturated rings. The molecule has 0 saturated carbocycles. The van der Waals surface area contributed by atoms with Crippen LogP contribution in [0.3, 0.4) is 0 Å². The van der Waals surface area contributed by atoms with Gasteiger partial charge in [0.2, 0.25) is 0 Å². The van der Waals surface area contributed by atoms with Gasteiger partial charge in [0.1, 0.15) is 9.45 Å². The SMILES string of the molecule is COc1ccc(-c2ccc(=O)n(-c3ccc(I)nc3)c2)cc1. The third-order valence-corrected chi connectivity index (χ3v) is 3.96. The second-order valence-corrected chi connectivity index (χ2v) is 5.80. The molecule has 0 aliphatic rings. The molecule has 0 atom stereocenters. The van der Waals surface area contributed by atoms with Crippen LogP contribution in [-0.4, -0.2) is 16.7 Å². The second-order valence-electron chi connectivity index (χ2n) is 4.69. The lowest BCUT2D eigenvalue weighted by Gasteiger charge is -2.09. The number of ether oxygens (including phenoxy) is 1. The van der Waals surface area contributed by atoms with Crippen molar-refractivity contribution in [3.8, 4) is 22.6 Å². The van der Waals surface area contributed by atoms with Crippen LogP contribution >= 0.6 is 22.6 Å². The third-order valence-electron chi connectivity index (χ3n) is 3.32. The van der Waals surface area contributed by atoms with E-state index >= 15 is 0 Å². The van der Waals surface area contributed by atoms with Crippen molar-refractivity contribution in [3.05, 3.63) is 75.0 Å². The highest BCUT2D eigenvalue weighted by molar-refractivity contribution is 14.1. The van der Waals surface area contributed by atoms with Crippen molar-refractivity contribution in [2.75, 3.05) is 7.11 Å². The highest BCUT2D eigenvalue weighted by Crippen LogP contribution is 2.22. The molecular formula is C17H13IN2O2. The van der Waals surface area contributed by atoms with E-state index in [1.54, 1.807) is 23.9 Å². The average Bonchev–Trinajstić information content (AvgIpc) is 2.56. The predicted molar refractivity (Wildman–Crippen MR) is 94.5 cm³/mol. The molecule has 22 heavy (non-hydrogen) atoms. The number of nitrogens with zero attached hydrogens (tertiary/aromatic N) is 2. The summed E-state index contributed by atoms with van der Waals surface area (Å²) in [6, 6.07) is 14.9. The fourth-order valence-corrected chi connectivity index (χ4v) is 2.47. The molecule has 0 aliphatic carbocycles. The fourth-order valence-electron chi connectivity index (χ4n) is 2.15. The molecule has 110 valence electrons. The molecule has 0 N–H and O–H groups in total. The van der Waals surface area contributed by atoms with Crippen LogP contribution < -0.4 is 10.3 Å². The van der Waals surface area contributed by atoms with Crippen molar-refractivity contribution in [3.63, 3.8) is 0 Å². The third kappa shape index (κ3) is 3.04. The van der Waals surface area contributed by atoms with Crippen LogP contribution in [0.1, 0.15) is 0 Å². The Kier molecular flexibility index (Phi) is 4.24. The summed E-state index contributed by atoms with van der Waals surface area (Å²) in [4.78, 5) is 16.3. The van der Waals surface area contributed by atoms with E-state index < -0.39 is 0 Å². The molecule has 0 amide bonds. The largest absolute Gasteiger partial charge is 0.497 e. The van der Waals surface area contributed by atoms with E-state index in [0.717, 1.165) is 26.3 Å². The van der Waals surface area contributed by atoms with Gasteiger partial charge in [-0.05, 0) is 64.0 Å². The molecule has 3 rings (SSSR count). The van der Waals surface area contributed by atoms with E-state index in [9.17, 15) is 4.79 Å². The van der Waals surface area contributed by atoms with Crippen molar-refractivity contribution >= 4 is 22.6 Å². The minimum absolute atomic E-state index is 0.0831. The van der Waals surface area contributed by atoms with Gasteiger partial charge in [-0.2, -0.15) is 0 Å². The highest BCUT2D eigenvalue weighted by Gasteiger charge is 2.04. The Balaban J connectivity index is 2.05. The lowest BCUT2D eigenvalue weighted by Crippen LogP contribution is -2.16. The zero-order valence-corrected chi connectivity index (χ0v) is 14.0. The number of pyridine rings is 2. The molecule has 0 unspecified atom stereocenters. The Morgan fingerprint density at radius 3 is 2.36 bits per heavy atom. The zero-order chi connectivity index (χ0) is 15.5. The Hall–Kier alpha value is -2.15. The van der Waals surface area contributed by atoms with Gasteiger partial charge in [-0.25, -0.2) is 4.98 Å². The molecular weight excluding hydrogens is 391 g/mol. The van der Waals surface area contributed by atoms with Crippen molar-refractivity contribution in [2.24, 2.45) is 0 Å². The molecule has 5 heteroatoms. The van der Waals surface area contributed by atoms with Gasteiger partial charge < -0.3 is 4.74 Å². The second kappa shape index (κ2) is 6.31. The molecule has 0 radical (unpaired) electrons. The number of hydrogen-bond donors (Lipinski definition) is 0. The maximum atomic E-state index is 12.1. The maximum absolute atomic E-state index is 12.1. The van der Waals surface area contributed by atoms with Crippen LogP contribution in [0.4, 0.5) is 0 Å². The van der Waals surface area contributed by atoms with Crippen LogP contribution in [0.5, 0.6) is 5.75 Å². The lowest BCUT2D eigenvalue weighted by atomic mass is 10.1. The number of benzene rings is 1. The summed E-state index contributed by atoms with van der Waals surface area (Å²) >= 11 is 2.14. The van der Waals surface area contributed by atoms with Gasteiger partial charge in [-0.1, -0.05) is 12.1 Å². The Morgan fingerprint density at radius 2 is 1.73 bits per heavy atom. The predicted octanol–water partition coefficient (Wildman–Crippen LogP) is 3.51. The molecule has 0 spiro atoms. The highest BCUT2D eigenvalue weighted by atomic mass is 127. The van der Waals surface area contributed by atoms with E-state index in [1.807, 2.05) is 48.7 Å². The summed E-state index contributed by atoms with van der Waals surface area (Å²) in [5, 5.41) is 0. The molecule has 0 aliphatic heterocycles. The van der Waals surface area contributed by atoms with Gasteiger partial charge in [0.15, 0.2) is 0 Å². The first-order valence-corrected chi connectivity index (χ1v) is 7.74. The summed E-state index contributed by atoms with van der Waals surface area (Å²) in [6.07, 6.45) is 3.52. The molecule has 0 saturated heterocycles. The fraction of sp³-hybridized carbons (Fsp3) is 0.0588. The van der Waals surface area contributed by atoms with Gasteiger partial charge in [0.25, 0.3) is 5.56 Å². The van der Waals surface area contributed by atoms with E-state index in [0.29, 0.717) is 0 Å². The van der Waals surface area contributed by atoms with Crippen LogP contribution in [0.2, 0.25) is 0 Å². The van der Waals surface area contributed by atoms with Crippen molar-refractivity contribution in [2.45, 2.75) is 0 Å². The molecule has 1 aromatic carbocycles. The van der Waals surface area contributed by atoms with E-state index in [2.05, 4.69) is 27.6 Å². The standard InChI is InChI=1S/C17H13IN2O2/c1-22-15-6-2-12(3-7-15)13-4-9-17(21)20(11-13)14-5-8-16(18)19-10-14/h2-11H,1H3. The normalized spacial score (nSPS) is 10.5. The summed E-state index contributed by atoms with van der Waals surface area (Å²) < 4.78 is 7.65. The van der Waals surface area contributed by atoms with Crippen LogP contribution in [0.25, 0.3) is 16.8 Å². The Labute approximate surface area is 141 Å². The van der Waals surface area contributed by atoms with Gasteiger partial charge >= 0.3 is 0 Å². The van der Waals surface area contributed by atoms with Gasteiger partial charge in [0, 0.05) is 12.3 Å². The summed E-state index contributed by atoms with van der Waals surface area (Å²) in [5.41, 5.74) is 2.65. The number of rotatable bonds is 3.